The second kappa shape index (κ2) is 10.7. The Morgan fingerprint density at radius 3 is 1.40 bits per heavy atom. The van der Waals surface area contributed by atoms with Crippen molar-refractivity contribution in [2.45, 2.75) is 5.41 Å². The summed E-state index contributed by atoms with van der Waals surface area (Å²) in [6.45, 7) is 0. The smallest absolute Gasteiger partial charge is 0.548 e. The third-order valence-corrected chi connectivity index (χ3v) is 6.34. The maximum Gasteiger partial charge on any atom is 1.00 e. The van der Waals surface area contributed by atoms with Crippen molar-refractivity contribution >= 4 is 5.97 Å². The molecule has 0 aromatic heterocycles. The Bertz CT molecular complexity index is 1360. The normalized spacial score (nSPS) is 10.9. The second-order valence-electron chi connectivity index (χ2n) is 8.23. The van der Waals surface area contributed by atoms with Crippen molar-refractivity contribution in [3.05, 3.63) is 156 Å². The summed E-state index contributed by atoms with van der Waals surface area (Å²) in [5.41, 5.74) is 4.32. The molecule has 0 radical (unpaired) electrons. The van der Waals surface area contributed by atoms with Gasteiger partial charge >= 0.3 is 22.4 Å². The molecule has 0 heterocycles. The molecule has 0 amide bonds. The van der Waals surface area contributed by atoms with Gasteiger partial charge in [-0.15, -0.1) is 0 Å². The Labute approximate surface area is 221 Å². The first-order valence-corrected chi connectivity index (χ1v) is 11.3. The zero-order valence-electron chi connectivity index (χ0n) is 18.9. The minimum Gasteiger partial charge on any atom is -0.548 e. The zero-order chi connectivity index (χ0) is 23.4. The van der Waals surface area contributed by atoms with Gasteiger partial charge in [0.1, 0.15) is 0 Å². The molecule has 0 saturated heterocycles. The fourth-order valence-electron chi connectivity index (χ4n) is 4.84. The molecule has 0 aliphatic rings. The van der Waals surface area contributed by atoms with Gasteiger partial charge in [0.05, 0.1) is 11.4 Å². The van der Waals surface area contributed by atoms with Crippen LogP contribution in [0.2, 0.25) is 0 Å². The summed E-state index contributed by atoms with van der Waals surface area (Å²) in [4.78, 5) is 13.3. The summed E-state index contributed by atoms with van der Waals surface area (Å²) >= 11 is 0. The number of carbonyl (C=O) groups excluding carboxylic acids is 1. The van der Waals surface area contributed by atoms with Crippen LogP contribution in [0.5, 0.6) is 0 Å². The van der Waals surface area contributed by atoms with Gasteiger partial charge in [0.25, 0.3) is 0 Å². The number of benzene rings is 5. The summed E-state index contributed by atoms with van der Waals surface area (Å²) in [5, 5.41) is 13.3. The van der Waals surface area contributed by atoms with Gasteiger partial charge in [0, 0.05) is 0 Å². The maximum absolute atomic E-state index is 13.3. The third kappa shape index (κ3) is 4.40. The molecular formula is C32H23AgO2. The van der Waals surface area contributed by atoms with Gasteiger partial charge in [-0.1, -0.05) is 140 Å². The molecular weight excluding hydrogens is 524 g/mol. The molecule has 3 heteroatoms. The predicted octanol–water partition coefficient (Wildman–Crippen LogP) is 6.10. The van der Waals surface area contributed by atoms with Crippen LogP contribution in [0.15, 0.2) is 140 Å². The van der Waals surface area contributed by atoms with Crippen LogP contribution in [-0.4, -0.2) is 5.97 Å². The van der Waals surface area contributed by atoms with E-state index >= 15 is 0 Å². The Balaban J connectivity index is 0.00000289. The molecule has 0 fully saturated rings. The first kappa shape index (κ1) is 24.4. The number of carbonyl (C=O) groups is 1. The van der Waals surface area contributed by atoms with E-state index in [-0.39, 0.29) is 22.4 Å². The minimum atomic E-state index is -1.50. The van der Waals surface area contributed by atoms with E-state index in [2.05, 4.69) is 18.2 Å². The first-order valence-electron chi connectivity index (χ1n) is 11.3. The van der Waals surface area contributed by atoms with E-state index in [0.717, 1.165) is 22.3 Å². The van der Waals surface area contributed by atoms with Gasteiger partial charge in [0.2, 0.25) is 0 Å². The van der Waals surface area contributed by atoms with Crippen LogP contribution in [0.25, 0.3) is 22.3 Å². The van der Waals surface area contributed by atoms with E-state index in [0.29, 0.717) is 16.7 Å². The molecule has 174 valence electrons. The molecule has 5 aromatic carbocycles. The van der Waals surface area contributed by atoms with Crippen LogP contribution in [0.1, 0.15) is 16.7 Å². The number of aliphatic carboxylic acids is 1. The SMILES string of the molecule is O=C([O-])C(c1ccccc1)(c1ccccc1)c1cccc(-c2ccccc2)c1-c1ccccc1.[Ag+]. The number of carboxylic acids is 1. The van der Waals surface area contributed by atoms with Crippen molar-refractivity contribution in [1.29, 1.82) is 0 Å². The zero-order valence-corrected chi connectivity index (χ0v) is 20.4. The molecule has 0 N–H and O–H groups in total. The van der Waals surface area contributed by atoms with Crippen molar-refractivity contribution in [1.82, 2.24) is 0 Å². The van der Waals surface area contributed by atoms with Crippen LogP contribution in [0.4, 0.5) is 0 Å². The number of hydrogen-bond donors (Lipinski definition) is 0. The van der Waals surface area contributed by atoms with Gasteiger partial charge in [-0.3, -0.25) is 0 Å². The van der Waals surface area contributed by atoms with Crippen LogP contribution in [0, 0.1) is 0 Å². The van der Waals surface area contributed by atoms with E-state index in [9.17, 15) is 9.90 Å². The van der Waals surface area contributed by atoms with Crippen molar-refractivity contribution in [2.75, 3.05) is 0 Å². The van der Waals surface area contributed by atoms with Crippen LogP contribution in [-0.2, 0) is 32.6 Å². The minimum absolute atomic E-state index is 0. The Morgan fingerprint density at radius 1 is 0.514 bits per heavy atom. The van der Waals surface area contributed by atoms with Crippen molar-refractivity contribution in [2.24, 2.45) is 0 Å². The number of hydrogen-bond acceptors (Lipinski definition) is 2. The fraction of sp³-hybridized carbons (Fsp3) is 0.0312. The molecule has 0 saturated carbocycles. The molecule has 2 nitrogen and oxygen atoms in total. The summed E-state index contributed by atoms with van der Waals surface area (Å²) in [5.74, 6) is -1.16. The standard InChI is InChI=1S/C32H24O2.Ag/c33-31(34)32(26-18-9-3-10-19-26,27-20-11-4-12-21-27)29-23-13-22-28(24-14-5-1-6-15-24)30(29)25-16-7-2-8-17-25;/h1-23H,(H,33,34);/q;+1/p-1. The largest absolute Gasteiger partial charge is 1.00 e. The van der Waals surface area contributed by atoms with Gasteiger partial charge in [-0.25, -0.2) is 0 Å². The quantitative estimate of drug-likeness (QED) is 0.190. The van der Waals surface area contributed by atoms with Crippen molar-refractivity contribution in [3.63, 3.8) is 0 Å². The summed E-state index contributed by atoms with van der Waals surface area (Å²) in [7, 11) is 0. The molecule has 0 unspecified atom stereocenters. The predicted molar refractivity (Wildman–Crippen MR) is 135 cm³/mol. The first-order chi connectivity index (χ1) is 16.7. The van der Waals surface area contributed by atoms with E-state index in [1.54, 1.807) is 0 Å². The molecule has 35 heavy (non-hydrogen) atoms. The monoisotopic (exact) mass is 546 g/mol. The summed E-state index contributed by atoms with van der Waals surface area (Å²) in [6.07, 6.45) is 0. The number of carboxylic acid groups (broad SMARTS) is 1. The molecule has 0 aliphatic heterocycles. The van der Waals surface area contributed by atoms with E-state index in [1.165, 1.54) is 0 Å². The van der Waals surface area contributed by atoms with Crippen LogP contribution >= 0.6 is 0 Å². The fourth-order valence-corrected chi connectivity index (χ4v) is 4.84. The van der Waals surface area contributed by atoms with Crippen LogP contribution < -0.4 is 5.11 Å². The van der Waals surface area contributed by atoms with Gasteiger partial charge in [-0.05, 0) is 38.9 Å². The van der Waals surface area contributed by atoms with Crippen LogP contribution in [0.3, 0.4) is 0 Å². The summed E-state index contributed by atoms with van der Waals surface area (Å²) < 4.78 is 0. The van der Waals surface area contributed by atoms with Gasteiger partial charge in [0.15, 0.2) is 0 Å². The van der Waals surface area contributed by atoms with Crippen molar-refractivity contribution in [3.8, 4) is 22.3 Å². The van der Waals surface area contributed by atoms with Gasteiger partial charge < -0.3 is 9.90 Å². The van der Waals surface area contributed by atoms with E-state index in [4.69, 9.17) is 0 Å². The molecule has 5 aromatic rings. The molecule has 0 atom stereocenters. The topological polar surface area (TPSA) is 40.1 Å². The van der Waals surface area contributed by atoms with Crippen molar-refractivity contribution < 1.29 is 32.3 Å². The number of rotatable bonds is 6. The Morgan fingerprint density at radius 2 is 0.943 bits per heavy atom. The summed E-state index contributed by atoms with van der Waals surface area (Å²) in [6, 6.07) is 44.7. The average molecular weight is 547 g/mol. The van der Waals surface area contributed by atoms with Gasteiger partial charge in [-0.2, -0.15) is 0 Å². The Kier molecular flexibility index (Phi) is 7.48. The average Bonchev–Trinajstić information content (AvgIpc) is 2.91. The van der Waals surface area contributed by atoms with E-state index < -0.39 is 11.4 Å². The Hall–Kier alpha value is -3.69. The molecule has 0 spiro atoms. The maximum atomic E-state index is 13.3. The molecule has 0 aliphatic carbocycles. The second-order valence-corrected chi connectivity index (χ2v) is 8.23. The molecule has 5 rings (SSSR count). The third-order valence-electron chi connectivity index (χ3n) is 6.34. The molecule has 0 bridgehead atoms. The van der Waals surface area contributed by atoms with E-state index in [1.807, 2.05) is 121 Å².